The Morgan fingerprint density at radius 2 is 1.65 bits per heavy atom. The van der Waals surface area contributed by atoms with Crippen LogP contribution in [0.1, 0.15) is 48.5 Å². The minimum absolute atomic E-state index is 0.0491. The standard InChI is InChI=1S/C20H24N2O/c1-15(2)16-9-11-17(12-10-16)20(23)21-18-7-3-4-8-19(18)22-13-5-6-14-22/h3-4,7-12,15H,5-6,13-14H2,1-2H3,(H,21,23). The molecule has 0 spiro atoms. The molecule has 120 valence electrons. The molecule has 0 bridgehead atoms. The molecule has 2 aromatic rings. The van der Waals surface area contributed by atoms with E-state index in [0.717, 1.165) is 24.5 Å². The van der Waals surface area contributed by atoms with E-state index in [1.54, 1.807) is 0 Å². The Balaban J connectivity index is 1.77. The Labute approximate surface area is 138 Å². The van der Waals surface area contributed by atoms with E-state index in [9.17, 15) is 4.79 Å². The van der Waals surface area contributed by atoms with Gasteiger partial charge in [-0.15, -0.1) is 0 Å². The quantitative estimate of drug-likeness (QED) is 0.890. The first-order valence-corrected chi connectivity index (χ1v) is 8.40. The lowest BCUT2D eigenvalue weighted by Gasteiger charge is -2.21. The number of nitrogens with one attached hydrogen (secondary N) is 1. The Kier molecular flexibility index (Phi) is 4.65. The second-order valence-electron chi connectivity index (χ2n) is 6.44. The topological polar surface area (TPSA) is 32.3 Å². The second-order valence-corrected chi connectivity index (χ2v) is 6.44. The third-order valence-corrected chi connectivity index (χ3v) is 4.44. The second kappa shape index (κ2) is 6.86. The summed E-state index contributed by atoms with van der Waals surface area (Å²) in [5, 5.41) is 3.07. The number of carbonyl (C=O) groups excluding carboxylic acids is 1. The smallest absolute Gasteiger partial charge is 0.255 e. The van der Waals surface area contributed by atoms with Crippen molar-refractivity contribution >= 4 is 17.3 Å². The molecule has 1 aliphatic rings. The van der Waals surface area contributed by atoms with E-state index in [1.165, 1.54) is 18.4 Å². The van der Waals surface area contributed by atoms with Gasteiger partial charge in [0, 0.05) is 18.7 Å². The lowest BCUT2D eigenvalue weighted by atomic mass is 10.0. The molecule has 1 N–H and O–H groups in total. The first-order chi connectivity index (χ1) is 11.1. The van der Waals surface area contributed by atoms with Gasteiger partial charge in [-0.25, -0.2) is 0 Å². The summed E-state index contributed by atoms with van der Waals surface area (Å²) in [6, 6.07) is 15.9. The third-order valence-electron chi connectivity index (χ3n) is 4.44. The zero-order chi connectivity index (χ0) is 16.2. The highest BCUT2D eigenvalue weighted by molar-refractivity contribution is 6.06. The number of amides is 1. The molecule has 1 fully saturated rings. The normalized spacial score (nSPS) is 14.3. The van der Waals surface area contributed by atoms with E-state index >= 15 is 0 Å². The van der Waals surface area contributed by atoms with Crippen LogP contribution in [0.4, 0.5) is 11.4 Å². The predicted octanol–water partition coefficient (Wildman–Crippen LogP) is 4.66. The van der Waals surface area contributed by atoms with Crippen LogP contribution in [-0.4, -0.2) is 19.0 Å². The van der Waals surface area contributed by atoms with E-state index in [4.69, 9.17) is 0 Å². The zero-order valence-corrected chi connectivity index (χ0v) is 13.9. The van der Waals surface area contributed by atoms with Crippen molar-refractivity contribution in [3.63, 3.8) is 0 Å². The van der Waals surface area contributed by atoms with Crippen LogP contribution in [0.2, 0.25) is 0 Å². The fourth-order valence-electron chi connectivity index (χ4n) is 3.03. The number of benzene rings is 2. The summed E-state index contributed by atoms with van der Waals surface area (Å²) in [4.78, 5) is 14.9. The average Bonchev–Trinajstić information content (AvgIpc) is 3.09. The predicted molar refractivity (Wildman–Crippen MR) is 96.4 cm³/mol. The van der Waals surface area contributed by atoms with Crippen LogP contribution in [-0.2, 0) is 0 Å². The van der Waals surface area contributed by atoms with Crippen LogP contribution in [0.15, 0.2) is 48.5 Å². The highest BCUT2D eigenvalue weighted by atomic mass is 16.1. The van der Waals surface area contributed by atoms with Crippen LogP contribution in [0.3, 0.4) is 0 Å². The molecular formula is C20H24N2O. The van der Waals surface area contributed by atoms with Gasteiger partial charge >= 0.3 is 0 Å². The van der Waals surface area contributed by atoms with Crippen LogP contribution < -0.4 is 10.2 Å². The van der Waals surface area contributed by atoms with Crippen LogP contribution in [0.5, 0.6) is 0 Å². The molecule has 1 saturated heterocycles. The molecule has 0 saturated carbocycles. The molecule has 23 heavy (non-hydrogen) atoms. The maximum atomic E-state index is 12.5. The number of anilines is 2. The Morgan fingerprint density at radius 1 is 1.00 bits per heavy atom. The van der Waals surface area contributed by atoms with Crippen molar-refractivity contribution in [1.29, 1.82) is 0 Å². The number of carbonyl (C=O) groups is 1. The molecule has 3 nitrogen and oxygen atoms in total. The molecule has 3 rings (SSSR count). The summed E-state index contributed by atoms with van der Waals surface area (Å²) in [6.45, 7) is 6.44. The van der Waals surface area contributed by atoms with Gasteiger partial charge in [0.1, 0.15) is 0 Å². The Hall–Kier alpha value is -2.29. The van der Waals surface area contributed by atoms with Crippen molar-refractivity contribution in [1.82, 2.24) is 0 Å². The maximum Gasteiger partial charge on any atom is 0.255 e. The third kappa shape index (κ3) is 3.55. The minimum atomic E-state index is -0.0491. The van der Waals surface area contributed by atoms with E-state index in [1.807, 2.05) is 42.5 Å². The van der Waals surface area contributed by atoms with Crippen molar-refractivity contribution in [3.05, 3.63) is 59.7 Å². The Bertz CT molecular complexity index is 670. The molecule has 0 aromatic heterocycles. The fourth-order valence-corrected chi connectivity index (χ4v) is 3.03. The maximum absolute atomic E-state index is 12.5. The van der Waals surface area contributed by atoms with Gasteiger partial charge in [-0.05, 0) is 48.6 Å². The molecule has 2 aromatic carbocycles. The lowest BCUT2D eigenvalue weighted by Crippen LogP contribution is -2.21. The highest BCUT2D eigenvalue weighted by Gasteiger charge is 2.17. The summed E-state index contributed by atoms with van der Waals surface area (Å²) < 4.78 is 0. The summed E-state index contributed by atoms with van der Waals surface area (Å²) in [6.07, 6.45) is 2.44. The van der Waals surface area contributed by atoms with Gasteiger partial charge in [-0.1, -0.05) is 38.1 Å². The lowest BCUT2D eigenvalue weighted by molar-refractivity contribution is 0.102. The molecule has 0 atom stereocenters. The fraction of sp³-hybridized carbons (Fsp3) is 0.350. The van der Waals surface area contributed by atoms with Crippen LogP contribution in [0.25, 0.3) is 0 Å². The van der Waals surface area contributed by atoms with Crippen molar-refractivity contribution in [3.8, 4) is 0 Å². The van der Waals surface area contributed by atoms with Crippen LogP contribution in [0, 0.1) is 0 Å². The molecular weight excluding hydrogens is 284 g/mol. The molecule has 0 aliphatic carbocycles. The van der Waals surface area contributed by atoms with Crippen molar-refractivity contribution in [2.75, 3.05) is 23.3 Å². The van der Waals surface area contributed by atoms with Gasteiger partial charge in [-0.3, -0.25) is 4.79 Å². The largest absolute Gasteiger partial charge is 0.370 e. The Morgan fingerprint density at radius 3 is 2.30 bits per heavy atom. The van der Waals surface area contributed by atoms with Gasteiger partial charge in [0.25, 0.3) is 5.91 Å². The molecule has 1 heterocycles. The van der Waals surface area contributed by atoms with E-state index in [0.29, 0.717) is 11.5 Å². The molecule has 0 unspecified atom stereocenters. The number of nitrogens with zero attached hydrogens (tertiary/aromatic N) is 1. The molecule has 0 radical (unpaired) electrons. The monoisotopic (exact) mass is 308 g/mol. The molecule has 1 amide bonds. The SMILES string of the molecule is CC(C)c1ccc(C(=O)Nc2ccccc2N2CCCC2)cc1. The summed E-state index contributed by atoms with van der Waals surface area (Å²) in [5.41, 5.74) is 3.97. The number of para-hydroxylation sites is 2. The molecule has 1 aliphatic heterocycles. The van der Waals surface area contributed by atoms with E-state index in [-0.39, 0.29) is 5.91 Å². The van der Waals surface area contributed by atoms with E-state index in [2.05, 4.69) is 30.1 Å². The number of hydrogen-bond acceptors (Lipinski definition) is 2. The van der Waals surface area contributed by atoms with Crippen molar-refractivity contribution in [2.24, 2.45) is 0 Å². The summed E-state index contributed by atoms with van der Waals surface area (Å²) >= 11 is 0. The zero-order valence-electron chi connectivity index (χ0n) is 13.9. The van der Waals surface area contributed by atoms with Crippen LogP contribution >= 0.6 is 0 Å². The number of rotatable bonds is 4. The first kappa shape index (κ1) is 15.6. The minimum Gasteiger partial charge on any atom is -0.370 e. The summed E-state index contributed by atoms with van der Waals surface area (Å²) in [7, 11) is 0. The first-order valence-electron chi connectivity index (χ1n) is 8.40. The molecule has 3 heteroatoms. The average molecular weight is 308 g/mol. The van der Waals surface area contributed by atoms with Gasteiger partial charge in [0.15, 0.2) is 0 Å². The number of hydrogen-bond donors (Lipinski definition) is 1. The van der Waals surface area contributed by atoms with Gasteiger partial charge in [-0.2, -0.15) is 0 Å². The van der Waals surface area contributed by atoms with Gasteiger partial charge < -0.3 is 10.2 Å². The summed E-state index contributed by atoms with van der Waals surface area (Å²) in [5.74, 6) is 0.426. The van der Waals surface area contributed by atoms with Crippen molar-refractivity contribution < 1.29 is 4.79 Å². The highest BCUT2D eigenvalue weighted by Crippen LogP contribution is 2.29. The van der Waals surface area contributed by atoms with E-state index < -0.39 is 0 Å². The van der Waals surface area contributed by atoms with Gasteiger partial charge in [0.05, 0.1) is 11.4 Å². The van der Waals surface area contributed by atoms with Crippen molar-refractivity contribution in [2.45, 2.75) is 32.6 Å². The van der Waals surface area contributed by atoms with Gasteiger partial charge in [0.2, 0.25) is 0 Å².